The van der Waals surface area contributed by atoms with Crippen LogP contribution in [0.15, 0.2) is 52.5 Å². The van der Waals surface area contributed by atoms with Crippen LogP contribution in [0.3, 0.4) is 0 Å². The number of hydrogen-bond donors (Lipinski definition) is 1. The minimum absolute atomic E-state index is 0.803. The van der Waals surface area contributed by atoms with Gasteiger partial charge in [-0.15, -0.1) is 0 Å². The zero-order valence-corrected chi connectivity index (χ0v) is 9.29. The van der Waals surface area contributed by atoms with E-state index in [1.165, 1.54) is 15.4 Å². The molecule has 0 radical (unpaired) electrons. The van der Waals surface area contributed by atoms with Gasteiger partial charge in [-0.05, 0) is 36.8 Å². The van der Waals surface area contributed by atoms with E-state index in [2.05, 4.69) is 11.9 Å². The fraction of sp³-hybridized carbons (Fsp3) is 0.0833. The van der Waals surface area contributed by atoms with Crippen LogP contribution < -0.4 is 5.73 Å². The molecule has 1 aromatic carbocycles. The van der Waals surface area contributed by atoms with Gasteiger partial charge < -0.3 is 5.73 Å². The van der Waals surface area contributed by atoms with Crippen molar-refractivity contribution in [2.45, 2.75) is 16.7 Å². The lowest BCUT2D eigenvalue weighted by Gasteiger charge is -2.05. The second-order valence-electron chi connectivity index (χ2n) is 3.31. The van der Waals surface area contributed by atoms with Gasteiger partial charge >= 0.3 is 0 Å². The number of benzene rings is 1. The van der Waals surface area contributed by atoms with Crippen molar-refractivity contribution in [1.29, 1.82) is 0 Å². The molecule has 0 fully saturated rings. The molecule has 1 heterocycles. The van der Waals surface area contributed by atoms with Gasteiger partial charge in [0.15, 0.2) is 0 Å². The van der Waals surface area contributed by atoms with Crippen LogP contribution in [-0.4, -0.2) is 4.98 Å². The molecule has 76 valence electrons. The van der Waals surface area contributed by atoms with Crippen molar-refractivity contribution < 1.29 is 0 Å². The minimum atomic E-state index is 0.803. The number of nitrogens with zero attached hydrogens (tertiary/aromatic N) is 1. The Bertz CT molecular complexity index is 454. The predicted molar refractivity (Wildman–Crippen MR) is 64.0 cm³/mol. The maximum absolute atomic E-state index is 5.76. The summed E-state index contributed by atoms with van der Waals surface area (Å²) in [6.45, 7) is 2.09. The Morgan fingerprint density at radius 3 is 2.60 bits per heavy atom. The number of pyridine rings is 1. The molecule has 15 heavy (non-hydrogen) atoms. The Kier molecular flexibility index (Phi) is 2.92. The van der Waals surface area contributed by atoms with Crippen LogP contribution in [0.25, 0.3) is 0 Å². The second-order valence-corrected chi connectivity index (χ2v) is 4.43. The Hall–Kier alpha value is -1.48. The highest BCUT2D eigenvalue weighted by Crippen LogP contribution is 2.30. The molecule has 0 aliphatic rings. The summed E-state index contributed by atoms with van der Waals surface area (Å²) in [6.07, 6.45) is 3.59. The van der Waals surface area contributed by atoms with Crippen LogP contribution in [0, 0.1) is 6.92 Å². The van der Waals surface area contributed by atoms with E-state index in [1.54, 1.807) is 24.2 Å². The van der Waals surface area contributed by atoms with Gasteiger partial charge in [-0.2, -0.15) is 0 Å². The van der Waals surface area contributed by atoms with Crippen molar-refractivity contribution in [3.8, 4) is 0 Å². The lowest BCUT2D eigenvalue weighted by molar-refractivity contribution is 1.25. The van der Waals surface area contributed by atoms with Gasteiger partial charge in [-0.1, -0.05) is 17.8 Å². The van der Waals surface area contributed by atoms with Gasteiger partial charge in [0, 0.05) is 27.9 Å². The third kappa shape index (κ3) is 2.50. The summed E-state index contributed by atoms with van der Waals surface area (Å²) in [5.41, 5.74) is 7.80. The summed E-state index contributed by atoms with van der Waals surface area (Å²) in [7, 11) is 0. The van der Waals surface area contributed by atoms with Gasteiger partial charge in [0.1, 0.15) is 0 Å². The van der Waals surface area contributed by atoms with Gasteiger partial charge in [-0.25, -0.2) is 0 Å². The van der Waals surface area contributed by atoms with Crippen LogP contribution >= 0.6 is 11.8 Å². The first kappa shape index (κ1) is 10.1. The number of rotatable bonds is 2. The molecule has 3 heteroatoms. The molecule has 1 aromatic heterocycles. The summed E-state index contributed by atoms with van der Waals surface area (Å²) in [5, 5.41) is 0. The summed E-state index contributed by atoms with van der Waals surface area (Å²) in [6, 6.07) is 9.95. The SMILES string of the molecule is Cc1ccc(N)cc1Sc1ccncc1. The largest absolute Gasteiger partial charge is 0.399 e. The number of nitrogens with two attached hydrogens (primary N) is 1. The maximum Gasteiger partial charge on any atom is 0.0325 e. The van der Waals surface area contributed by atoms with Crippen LogP contribution in [0.4, 0.5) is 5.69 Å². The van der Waals surface area contributed by atoms with Crippen LogP contribution in [-0.2, 0) is 0 Å². The highest BCUT2D eigenvalue weighted by Gasteiger charge is 2.01. The van der Waals surface area contributed by atoms with Crippen molar-refractivity contribution in [2.75, 3.05) is 5.73 Å². The maximum atomic E-state index is 5.76. The lowest BCUT2D eigenvalue weighted by Crippen LogP contribution is -1.87. The van der Waals surface area contributed by atoms with Crippen molar-refractivity contribution in [3.05, 3.63) is 48.3 Å². The molecule has 0 bridgehead atoms. The van der Waals surface area contributed by atoms with E-state index in [4.69, 9.17) is 5.73 Å². The molecule has 2 aromatic rings. The molecular weight excluding hydrogens is 204 g/mol. The first-order valence-corrected chi connectivity index (χ1v) is 5.51. The highest BCUT2D eigenvalue weighted by atomic mass is 32.2. The number of anilines is 1. The molecule has 0 saturated carbocycles. The van der Waals surface area contributed by atoms with E-state index < -0.39 is 0 Å². The molecule has 0 aliphatic carbocycles. The third-order valence-corrected chi connectivity index (χ3v) is 3.26. The van der Waals surface area contributed by atoms with Gasteiger partial charge in [0.2, 0.25) is 0 Å². The molecule has 0 aliphatic heterocycles. The first-order valence-electron chi connectivity index (χ1n) is 4.70. The molecule has 0 saturated heterocycles. The fourth-order valence-electron chi connectivity index (χ4n) is 1.26. The van der Waals surface area contributed by atoms with Crippen molar-refractivity contribution >= 4 is 17.4 Å². The summed E-state index contributed by atoms with van der Waals surface area (Å²) in [5.74, 6) is 0. The van der Waals surface area contributed by atoms with E-state index >= 15 is 0 Å². The van der Waals surface area contributed by atoms with Crippen molar-refractivity contribution in [1.82, 2.24) is 4.98 Å². The van der Waals surface area contributed by atoms with E-state index in [0.29, 0.717) is 0 Å². The van der Waals surface area contributed by atoms with Crippen LogP contribution in [0.5, 0.6) is 0 Å². The molecule has 2 N–H and O–H groups in total. The minimum Gasteiger partial charge on any atom is -0.399 e. The van der Waals surface area contributed by atoms with Crippen molar-refractivity contribution in [3.63, 3.8) is 0 Å². The summed E-state index contributed by atoms with van der Waals surface area (Å²) < 4.78 is 0. The number of aromatic nitrogens is 1. The number of hydrogen-bond acceptors (Lipinski definition) is 3. The quantitative estimate of drug-likeness (QED) is 0.784. The van der Waals surface area contributed by atoms with Crippen LogP contribution in [0.1, 0.15) is 5.56 Å². The number of aryl methyl sites for hydroxylation is 1. The number of nitrogen functional groups attached to an aromatic ring is 1. The van der Waals surface area contributed by atoms with Crippen LogP contribution in [0.2, 0.25) is 0 Å². The zero-order valence-electron chi connectivity index (χ0n) is 8.47. The second kappa shape index (κ2) is 4.36. The van der Waals surface area contributed by atoms with Gasteiger partial charge in [0.05, 0.1) is 0 Å². The summed E-state index contributed by atoms with van der Waals surface area (Å²) in [4.78, 5) is 6.36. The smallest absolute Gasteiger partial charge is 0.0325 e. The zero-order chi connectivity index (χ0) is 10.7. The Balaban J connectivity index is 2.28. The third-order valence-electron chi connectivity index (χ3n) is 2.09. The molecule has 0 spiro atoms. The van der Waals surface area contributed by atoms with Gasteiger partial charge in [-0.3, -0.25) is 4.98 Å². The normalized spacial score (nSPS) is 10.2. The molecule has 0 atom stereocenters. The standard InChI is InChI=1S/C12H12N2S/c1-9-2-3-10(13)8-12(9)15-11-4-6-14-7-5-11/h2-8H,13H2,1H3. The monoisotopic (exact) mass is 216 g/mol. The topological polar surface area (TPSA) is 38.9 Å². The Morgan fingerprint density at radius 2 is 1.87 bits per heavy atom. The van der Waals surface area contributed by atoms with E-state index in [1.807, 2.05) is 30.3 Å². The van der Waals surface area contributed by atoms with E-state index in [9.17, 15) is 0 Å². The molecular formula is C12H12N2S. The van der Waals surface area contributed by atoms with E-state index in [-0.39, 0.29) is 0 Å². The average molecular weight is 216 g/mol. The Morgan fingerprint density at radius 1 is 1.13 bits per heavy atom. The van der Waals surface area contributed by atoms with Crippen molar-refractivity contribution in [2.24, 2.45) is 0 Å². The average Bonchev–Trinajstić information content (AvgIpc) is 2.25. The summed E-state index contributed by atoms with van der Waals surface area (Å²) >= 11 is 1.71. The molecule has 0 unspecified atom stereocenters. The molecule has 0 amide bonds. The molecule has 2 rings (SSSR count). The Labute approximate surface area is 93.5 Å². The van der Waals surface area contributed by atoms with Gasteiger partial charge in [0.25, 0.3) is 0 Å². The first-order chi connectivity index (χ1) is 7.25. The molecule has 2 nitrogen and oxygen atoms in total. The highest BCUT2D eigenvalue weighted by molar-refractivity contribution is 7.99. The fourth-order valence-corrected chi connectivity index (χ4v) is 2.20. The lowest BCUT2D eigenvalue weighted by atomic mass is 10.2. The van der Waals surface area contributed by atoms with E-state index in [0.717, 1.165) is 5.69 Å². The predicted octanol–water partition coefficient (Wildman–Crippen LogP) is 3.12.